The molecule has 0 aliphatic heterocycles. The molecule has 1 aliphatic rings. The third kappa shape index (κ3) is 4.11. The maximum absolute atomic E-state index is 3.44. The minimum Gasteiger partial charge on any atom is -0.0654 e. The van der Waals surface area contributed by atoms with E-state index < -0.39 is 0 Å². The van der Waals surface area contributed by atoms with E-state index in [4.69, 9.17) is 0 Å². The Labute approximate surface area is 126 Å². The van der Waals surface area contributed by atoms with Gasteiger partial charge in [-0.2, -0.15) is 0 Å². The molecule has 1 unspecified atom stereocenters. The van der Waals surface area contributed by atoms with Crippen LogP contribution >= 0.6 is 0 Å². The molecule has 111 valence electrons. The number of unbranched alkanes of at least 4 members (excludes halogenated alkanes) is 1. The lowest BCUT2D eigenvalue weighted by molar-refractivity contribution is 0.260. The first-order valence-corrected chi connectivity index (χ1v) is 8.73. The first kappa shape index (κ1) is 15.6. The van der Waals surface area contributed by atoms with Crippen LogP contribution in [0.5, 0.6) is 0 Å². The molecule has 0 saturated heterocycles. The number of hydrogen-bond donors (Lipinski definition) is 0. The molecule has 0 N–H and O–H groups in total. The minimum absolute atomic E-state index is 0.750. The predicted molar refractivity (Wildman–Crippen MR) is 88.0 cm³/mol. The average Bonchev–Trinajstić information content (AvgIpc) is 2.46. The zero-order valence-electron chi connectivity index (χ0n) is 13.6. The van der Waals surface area contributed by atoms with Gasteiger partial charge >= 0.3 is 0 Å². The van der Waals surface area contributed by atoms with Gasteiger partial charge in [-0.3, -0.25) is 0 Å². The molecule has 0 nitrogen and oxygen atoms in total. The maximum Gasteiger partial charge on any atom is -0.0110 e. The molecule has 0 heteroatoms. The monoisotopic (exact) mass is 271 g/mol. The van der Waals surface area contributed by atoms with Crippen molar-refractivity contribution in [3.8, 4) is 0 Å². The Hall–Kier alpha value is -0.780. The van der Waals surface area contributed by atoms with E-state index in [1.54, 1.807) is 5.56 Å². The Kier molecular flexibility index (Phi) is 6.13. The van der Waals surface area contributed by atoms with E-state index in [2.05, 4.69) is 45.0 Å². The van der Waals surface area contributed by atoms with E-state index in [0.29, 0.717) is 0 Å². The molecule has 1 radical (unpaired) electrons. The van der Waals surface area contributed by atoms with E-state index >= 15 is 0 Å². The van der Waals surface area contributed by atoms with Gasteiger partial charge in [-0.15, -0.1) is 0 Å². The highest BCUT2D eigenvalue weighted by atomic mass is 14.3. The predicted octanol–water partition coefficient (Wildman–Crippen LogP) is 6.15. The van der Waals surface area contributed by atoms with Crippen LogP contribution < -0.4 is 0 Å². The molecule has 0 bridgehead atoms. The summed E-state index contributed by atoms with van der Waals surface area (Å²) in [6.45, 7) is 7.08. The summed E-state index contributed by atoms with van der Waals surface area (Å²) in [7, 11) is 0. The lowest BCUT2D eigenvalue weighted by atomic mass is 9.71. The summed E-state index contributed by atoms with van der Waals surface area (Å²) in [4.78, 5) is 0. The van der Waals surface area contributed by atoms with Crippen molar-refractivity contribution in [1.82, 2.24) is 0 Å². The summed E-state index contributed by atoms with van der Waals surface area (Å²) in [5.41, 5.74) is 3.00. The van der Waals surface area contributed by atoms with Gasteiger partial charge in [0.2, 0.25) is 0 Å². The fraction of sp³-hybridized carbons (Fsp3) is 0.700. The summed E-state index contributed by atoms with van der Waals surface area (Å²) < 4.78 is 0. The Morgan fingerprint density at radius 1 is 1.20 bits per heavy atom. The van der Waals surface area contributed by atoms with Gasteiger partial charge in [0.05, 0.1) is 0 Å². The molecule has 0 aromatic heterocycles. The normalized spacial score (nSPS) is 18.4. The second kappa shape index (κ2) is 7.86. The van der Waals surface area contributed by atoms with Crippen molar-refractivity contribution in [1.29, 1.82) is 0 Å². The lowest BCUT2D eigenvalue weighted by Crippen LogP contribution is -2.21. The molecule has 2 rings (SSSR count). The van der Waals surface area contributed by atoms with Gasteiger partial charge in [0.25, 0.3) is 0 Å². The van der Waals surface area contributed by atoms with Gasteiger partial charge in [-0.1, -0.05) is 64.7 Å². The van der Waals surface area contributed by atoms with Crippen LogP contribution in [0.2, 0.25) is 0 Å². The molecule has 1 aliphatic carbocycles. The van der Waals surface area contributed by atoms with Crippen molar-refractivity contribution in [3.63, 3.8) is 0 Å². The third-order valence-corrected chi connectivity index (χ3v) is 4.95. The highest BCUT2D eigenvalue weighted by molar-refractivity contribution is 5.27. The van der Waals surface area contributed by atoms with Crippen LogP contribution in [-0.4, -0.2) is 0 Å². The summed E-state index contributed by atoms with van der Waals surface area (Å²) in [6, 6.07) is 10.4. The van der Waals surface area contributed by atoms with Crippen LogP contribution in [-0.2, 0) is 6.42 Å². The molecule has 20 heavy (non-hydrogen) atoms. The lowest BCUT2D eigenvalue weighted by Gasteiger charge is -2.33. The molecular weight excluding hydrogens is 240 g/mol. The highest BCUT2D eigenvalue weighted by Gasteiger charge is 2.27. The topological polar surface area (TPSA) is 0 Å². The fourth-order valence-corrected chi connectivity index (χ4v) is 3.95. The second-order valence-corrected chi connectivity index (χ2v) is 6.92. The molecule has 0 heterocycles. The highest BCUT2D eigenvalue weighted by Crippen LogP contribution is 2.40. The van der Waals surface area contributed by atoms with Crippen molar-refractivity contribution in [2.75, 3.05) is 0 Å². The van der Waals surface area contributed by atoms with Crippen LogP contribution in [0.1, 0.15) is 82.8 Å². The smallest absolute Gasteiger partial charge is 0.0110 e. The van der Waals surface area contributed by atoms with Crippen molar-refractivity contribution in [2.45, 2.75) is 78.1 Å². The Bertz CT molecular complexity index is 385. The first-order chi connectivity index (χ1) is 9.72. The zero-order valence-corrected chi connectivity index (χ0v) is 13.6. The van der Waals surface area contributed by atoms with Gasteiger partial charge in [0, 0.05) is 0 Å². The summed E-state index contributed by atoms with van der Waals surface area (Å²) >= 11 is 0. The number of benzene rings is 1. The molecule has 0 spiro atoms. The standard InChI is InChI=1S/C20H31/c1-4-5-10-17-11-9-14-19(15-17)20(16(2)3)18-12-7-6-8-13-18/h9,14-16,18,20H,4-8,10,12-13H2,1-3H3. The van der Waals surface area contributed by atoms with Crippen molar-refractivity contribution < 1.29 is 0 Å². The van der Waals surface area contributed by atoms with Crippen LogP contribution in [0.4, 0.5) is 0 Å². The largest absolute Gasteiger partial charge is 0.0654 e. The quantitative estimate of drug-likeness (QED) is 0.582. The number of aryl methyl sites for hydroxylation is 1. The SMILES string of the molecule is CCCCc1[c]ccc(C(C(C)C)C2CCCCC2)c1. The molecule has 1 fully saturated rings. The molecule has 1 aromatic carbocycles. The van der Waals surface area contributed by atoms with E-state index in [9.17, 15) is 0 Å². The zero-order chi connectivity index (χ0) is 14.4. The summed E-state index contributed by atoms with van der Waals surface area (Å²) in [6.07, 6.45) is 11.0. The summed E-state index contributed by atoms with van der Waals surface area (Å²) in [5, 5.41) is 0. The van der Waals surface area contributed by atoms with Gasteiger partial charge in [-0.05, 0) is 60.6 Å². The molecular formula is C20H31. The maximum atomic E-state index is 3.44. The Balaban J connectivity index is 2.15. The number of rotatable bonds is 6. The van der Waals surface area contributed by atoms with Gasteiger partial charge < -0.3 is 0 Å². The third-order valence-electron chi connectivity index (χ3n) is 4.95. The van der Waals surface area contributed by atoms with E-state index in [-0.39, 0.29) is 0 Å². The van der Waals surface area contributed by atoms with Crippen LogP contribution in [0.25, 0.3) is 0 Å². The van der Waals surface area contributed by atoms with Crippen molar-refractivity contribution >= 4 is 0 Å². The van der Waals surface area contributed by atoms with E-state index in [0.717, 1.165) is 17.8 Å². The number of hydrogen-bond acceptors (Lipinski definition) is 0. The minimum atomic E-state index is 0.750. The molecule has 1 aromatic rings. The molecule has 0 amide bonds. The van der Waals surface area contributed by atoms with Crippen molar-refractivity contribution in [3.05, 3.63) is 35.4 Å². The van der Waals surface area contributed by atoms with Gasteiger partial charge in [0.15, 0.2) is 0 Å². The van der Waals surface area contributed by atoms with Gasteiger partial charge in [-0.25, -0.2) is 0 Å². The Morgan fingerprint density at radius 3 is 2.60 bits per heavy atom. The average molecular weight is 271 g/mol. The molecule has 1 atom stereocenters. The second-order valence-electron chi connectivity index (χ2n) is 6.92. The van der Waals surface area contributed by atoms with E-state index in [1.165, 1.54) is 56.9 Å². The van der Waals surface area contributed by atoms with E-state index in [1.807, 2.05) is 0 Å². The van der Waals surface area contributed by atoms with Crippen molar-refractivity contribution in [2.24, 2.45) is 11.8 Å². The van der Waals surface area contributed by atoms with Crippen LogP contribution in [0, 0.1) is 17.9 Å². The molecule has 1 saturated carbocycles. The first-order valence-electron chi connectivity index (χ1n) is 8.73. The summed E-state index contributed by atoms with van der Waals surface area (Å²) in [5.74, 6) is 2.41. The van der Waals surface area contributed by atoms with Crippen LogP contribution in [0.3, 0.4) is 0 Å². The van der Waals surface area contributed by atoms with Gasteiger partial charge in [0.1, 0.15) is 0 Å². The van der Waals surface area contributed by atoms with Crippen LogP contribution in [0.15, 0.2) is 18.2 Å². The Morgan fingerprint density at radius 2 is 1.95 bits per heavy atom. The fourth-order valence-electron chi connectivity index (χ4n) is 3.95.